The quantitative estimate of drug-likeness (QED) is 0.280. The lowest BCUT2D eigenvalue weighted by molar-refractivity contribution is 0.0206. The van der Waals surface area contributed by atoms with Gasteiger partial charge in [0.05, 0.1) is 43.4 Å². The zero-order valence-corrected chi connectivity index (χ0v) is 20.5. The van der Waals surface area contributed by atoms with E-state index in [1.807, 2.05) is 61.5 Å². The first-order chi connectivity index (χ1) is 17.0. The van der Waals surface area contributed by atoms with Crippen LogP contribution in [-0.2, 0) is 16.0 Å². The molecule has 1 heterocycles. The molecular formula is C27H33N3O5. The molecule has 8 nitrogen and oxygen atoms in total. The van der Waals surface area contributed by atoms with Crippen LogP contribution in [0.25, 0.3) is 5.69 Å². The number of hydrogen-bond donors (Lipinski definition) is 1. The Balaban J connectivity index is 1.91. The van der Waals surface area contributed by atoms with E-state index in [2.05, 4.69) is 10.8 Å². The van der Waals surface area contributed by atoms with Crippen molar-refractivity contribution in [3.05, 3.63) is 65.9 Å². The van der Waals surface area contributed by atoms with Crippen molar-refractivity contribution in [1.29, 1.82) is 0 Å². The van der Waals surface area contributed by atoms with Gasteiger partial charge in [-0.2, -0.15) is 5.10 Å². The Labute approximate surface area is 207 Å². The molecule has 0 saturated heterocycles. The summed E-state index contributed by atoms with van der Waals surface area (Å²) in [5.74, 6) is 4.43. The number of aliphatic hydroxyl groups is 1. The highest BCUT2D eigenvalue weighted by atomic mass is 16.5. The second-order valence-electron chi connectivity index (χ2n) is 8.00. The summed E-state index contributed by atoms with van der Waals surface area (Å²) < 4.78 is 24.1. The summed E-state index contributed by atoms with van der Waals surface area (Å²) in [5, 5.41) is 15.3. The van der Waals surface area contributed by atoms with Gasteiger partial charge < -0.3 is 24.1 Å². The van der Waals surface area contributed by atoms with Gasteiger partial charge in [-0.3, -0.25) is 4.90 Å². The van der Waals surface area contributed by atoms with Crippen LogP contribution in [0.3, 0.4) is 0 Å². The fourth-order valence-electron chi connectivity index (χ4n) is 3.61. The van der Waals surface area contributed by atoms with Gasteiger partial charge in [0, 0.05) is 26.7 Å². The highest BCUT2D eigenvalue weighted by molar-refractivity contribution is 5.44. The third-order valence-electron chi connectivity index (χ3n) is 5.37. The molecule has 0 saturated carbocycles. The summed E-state index contributed by atoms with van der Waals surface area (Å²) in [4.78, 5) is 2.09. The number of terminal acetylenes is 1. The van der Waals surface area contributed by atoms with Gasteiger partial charge in [0.25, 0.3) is 0 Å². The zero-order valence-electron chi connectivity index (χ0n) is 20.5. The summed E-state index contributed by atoms with van der Waals surface area (Å²) in [6, 6.07) is 17.2. The maximum atomic E-state index is 10.5. The van der Waals surface area contributed by atoms with Crippen molar-refractivity contribution in [2.24, 2.45) is 0 Å². The number of nitrogens with zero attached hydrogens (tertiary/aromatic N) is 3. The van der Waals surface area contributed by atoms with Crippen LogP contribution in [0, 0.1) is 19.3 Å². The van der Waals surface area contributed by atoms with E-state index in [0.717, 1.165) is 22.7 Å². The monoisotopic (exact) mass is 479 g/mol. The molecule has 0 fully saturated rings. The first kappa shape index (κ1) is 26.3. The first-order valence-electron chi connectivity index (χ1n) is 11.4. The Kier molecular flexibility index (Phi) is 10.1. The van der Waals surface area contributed by atoms with Crippen LogP contribution in [0.15, 0.2) is 54.6 Å². The minimum atomic E-state index is -0.698. The fourth-order valence-corrected chi connectivity index (χ4v) is 3.61. The molecule has 0 aliphatic heterocycles. The van der Waals surface area contributed by atoms with Gasteiger partial charge in [0.2, 0.25) is 5.88 Å². The fraction of sp³-hybridized carbons (Fsp3) is 0.370. The number of para-hydroxylation sites is 1. The molecule has 1 aromatic heterocycles. The van der Waals surface area contributed by atoms with Crippen molar-refractivity contribution in [3.8, 4) is 35.4 Å². The van der Waals surface area contributed by atoms with Crippen LogP contribution >= 0.6 is 0 Å². The van der Waals surface area contributed by atoms with E-state index in [4.69, 9.17) is 30.5 Å². The summed E-state index contributed by atoms with van der Waals surface area (Å²) in [6.07, 6.45) is 4.53. The minimum absolute atomic E-state index is 0.158. The van der Waals surface area contributed by atoms with E-state index >= 15 is 0 Å². The SMILES string of the molecule is C#CCOC[C@H](O)CN(CCOC)Cc1c(C)nn(-c2ccccc2)c1Oc1ccc(OC)cc1. The Morgan fingerprint density at radius 3 is 2.46 bits per heavy atom. The van der Waals surface area contributed by atoms with Gasteiger partial charge in [-0.05, 0) is 43.3 Å². The van der Waals surface area contributed by atoms with Crippen molar-refractivity contribution in [1.82, 2.24) is 14.7 Å². The van der Waals surface area contributed by atoms with Crippen LogP contribution < -0.4 is 9.47 Å². The molecule has 0 amide bonds. The van der Waals surface area contributed by atoms with E-state index < -0.39 is 6.10 Å². The van der Waals surface area contributed by atoms with Gasteiger partial charge in [-0.25, -0.2) is 4.68 Å². The van der Waals surface area contributed by atoms with Gasteiger partial charge in [0.15, 0.2) is 0 Å². The highest BCUT2D eigenvalue weighted by Crippen LogP contribution is 2.32. The average Bonchev–Trinajstić information content (AvgIpc) is 3.18. The van der Waals surface area contributed by atoms with Gasteiger partial charge in [-0.1, -0.05) is 24.1 Å². The lowest BCUT2D eigenvalue weighted by Gasteiger charge is -2.25. The van der Waals surface area contributed by atoms with E-state index in [-0.39, 0.29) is 13.2 Å². The third kappa shape index (κ3) is 7.57. The first-order valence-corrected chi connectivity index (χ1v) is 11.4. The van der Waals surface area contributed by atoms with E-state index in [1.165, 1.54) is 0 Å². The van der Waals surface area contributed by atoms with Crippen LogP contribution in [-0.4, -0.2) is 73.0 Å². The molecule has 0 spiro atoms. The van der Waals surface area contributed by atoms with Gasteiger partial charge in [-0.15, -0.1) is 6.42 Å². The number of hydrogen-bond acceptors (Lipinski definition) is 7. The molecule has 35 heavy (non-hydrogen) atoms. The smallest absolute Gasteiger partial charge is 0.227 e. The zero-order chi connectivity index (χ0) is 25.0. The number of ether oxygens (including phenoxy) is 4. The van der Waals surface area contributed by atoms with Crippen molar-refractivity contribution in [2.45, 2.75) is 19.6 Å². The second-order valence-corrected chi connectivity index (χ2v) is 8.00. The molecule has 1 atom stereocenters. The summed E-state index contributed by atoms with van der Waals surface area (Å²) in [7, 11) is 3.28. The minimum Gasteiger partial charge on any atom is -0.497 e. The van der Waals surface area contributed by atoms with Crippen LogP contribution in [0.4, 0.5) is 0 Å². The molecule has 0 radical (unpaired) electrons. The molecule has 1 N–H and O–H groups in total. The summed E-state index contributed by atoms with van der Waals surface area (Å²) in [6.45, 7) is 4.28. The van der Waals surface area contributed by atoms with Crippen LogP contribution in [0.5, 0.6) is 17.4 Å². The maximum Gasteiger partial charge on any atom is 0.227 e. The van der Waals surface area contributed by atoms with Crippen LogP contribution in [0.2, 0.25) is 0 Å². The normalized spacial score (nSPS) is 11.9. The molecule has 3 aromatic rings. The lowest BCUT2D eigenvalue weighted by atomic mass is 10.2. The Morgan fingerprint density at radius 1 is 1.09 bits per heavy atom. The van der Waals surface area contributed by atoms with Crippen molar-refractivity contribution in [3.63, 3.8) is 0 Å². The average molecular weight is 480 g/mol. The standard InChI is InChI=1S/C27H33N3O5/c1-5-16-34-20-23(31)18-29(15-17-32-3)19-26-21(2)28-30(22-9-7-6-8-10-22)27(26)35-25-13-11-24(33-4)12-14-25/h1,6-14,23,31H,15-20H2,2-4H3/t23-/m1/s1. The number of benzene rings is 2. The second kappa shape index (κ2) is 13.5. The molecule has 3 rings (SSSR count). The Hall–Kier alpha value is -3.35. The highest BCUT2D eigenvalue weighted by Gasteiger charge is 2.22. The Morgan fingerprint density at radius 2 is 1.80 bits per heavy atom. The molecule has 0 aliphatic rings. The Bertz CT molecular complexity index is 1080. The van der Waals surface area contributed by atoms with E-state index in [1.54, 1.807) is 18.9 Å². The lowest BCUT2D eigenvalue weighted by Crippen LogP contribution is -2.36. The summed E-state index contributed by atoms with van der Waals surface area (Å²) >= 11 is 0. The predicted octanol–water partition coefficient (Wildman–Crippen LogP) is 3.44. The number of aromatic nitrogens is 2. The number of rotatable bonds is 14. The van der Waals surface area contributed by atoms with Gasteiger partial charge in [0.1, 0.15) is 18.1 Å². The molecular weight excluding hydrogens is 446 g/mol. The number of aliphatic hydroxyl groups excluding tert-OH is 1. The third-order valence-corrected chi connectivity index (χ3v) is 5.37. The van der Waals surface area contributed by atoms with E-state index in [9.17, 15) is 5.11 Å². The molecule has 8 heteroatoms. The number of methoxy groups -OCH3 is 2. The van der Waals surface area contributed by atoms with Crippen molar-refractivity contribution < 1.29 is 24.1 Å². The summed E-state index contributed by atoms with van der Waals surface area (Å²) in [5.41, 5.74) is 2.63. The van der Waals surface area contributed by atoms with Crippen molar-refractivity contribution in [2.75, 3.05) is 47.1 Å². The molecule has 0 bridgehead atoms. The maximum absolute atomic E-state index is 10.5. The topological polar surface area (TPSA) is 78.2 Å². The van der Waals surface area contributed by atoms with E-state index in [0.29, 0.717) is 37.9 Å². The van der Waals surface area contributed by atoms with Crippen molar-refractivity contribution >= 4 is 0 Å². The molecule has 0 aliphatic carbocycles. The van der Waals surface area contributed by atoms with Gasteiger partial charge >= 0.3 is 0 Å². The molecule has 2 aromatic carbocycles. The largest absolute Gasteiger partial charge is 0.497 e. The van der Waals surface area contributed by atoms with Crippen LogP contribution in [0.1, 0.15) is 11.3 Å². The predicted molar refractivity (Wildman–Crippen MR) is 134 cm³/mol. The molecule has 186 valence electrons. The number of aryl methyl sites for hydroxylation is 1. The molecule has 0 unspecified atom stereocenters.